The van der Waals surface area contributed by atoms with Gasteiger partial charge in [-0.3, -0.25) is 4.79 Å². The number of thiophene rings is 1. The van der Waals surface area contributed by atoms with E-state index in [0.29, 0.717) is 15.2 Å². The van der Waals surface area contributed by atoms with E-state index in [1.165, 1.54) is 4.88 Å². The van der Waals surface area contributed by atoms with E-state index in [0.717, 1.165) is 4.88 Å². The second-order valence-electron chi connectivity index (χ2n) is 4.11. The van der Waals surface area contributed by atoms with Crippen molar-refractivity contribution in [3.8, 4) is 5.75 Å². The van der Waals surface area contributed by atoms with Crippen LogP contribution in [0.4, 0.5) is 0 Å². The Bertz CT molecular complexity index is 673. The Morgan fingerprint density at radius 1 is 1.48 bits per heavy atom. The molecule has 0 saturated heterocycles. The summed E-state index contributed by atoms with van der Waals surface area (Å²) < 4.78 is 6.07. The van der Waals surface area contributed by atoms with Gasteiger partial charge in [0.1, 0.15) is 5.75 Å². The van der Waals surface area contributed by atoms with Gasteiger partial charge in [-0.2, -0.15) is 5.10 Å². The quantitative estimate of drug-likeness (QED) is 0.623. The van der Waals surface area contributed by atoms with Crippen LogP contribution in [0.25, 0.3) is 0 Å². The number of rotatable bonds is 5. The highest BCUT2D eigenvalue weighted by Gasteiger charge is 2.05. The molecule has 0 aliphatic carbocycles. The van der Waals surface area contributed by atoms with Crippen molar-refractivity contribution in [2.45, 2.75) is 6.92 Å². The number of carbonyl (C=O) groups is 1. The molecule has 0 saturated carbocycles. The minimum Gasteiger partial charge on any atom is -0.483 e. The zero-order valence-electron chi connectivity index (χ0n) is 11.1. The van der Waals surface area contributed by atoms with E-state index in [1.807, 2.05) is 19.1 Å². The largest absolute Gasteiger partial charge is 0.483 e. The standard InChI is InChI=1S/C14H12BrClN2O2S/c1-9-2-4-11(21-9)7-17-18-14(19)8-20-13-5-3-10(16)6-12(13)15/h2-7H,8H2,1H3,(H,18,19). The first kappa shape index (κ1) is 16.0. The fourth-order valence-corrected chi connectivity index (χ4v) is 3.01. The number of nitrogens with one attached hydrogen (secondary N) is 1. The van der Waals surface area contributed by atoms with E-state index >= 15 is 0 Å². The number of ether oxygens (including phenoxy) is 1. The molecule has 0 unspecified atom stereocenters. The Morgan fingerprint density at radius 3 is 2.95 bits per heavy atom. The van der Waals surface area contributed by atoms with Crippen molar-refractivity contribution in [2.75, 3.05) is 6.61 Å². The highest BCUT2D eigenvalue weighted by molar-refractivity contribution is 9.10. The van der Waals surface area contributed by atoms with Gasteiger partial charge in [0.25, 0.3) is 5.91 Å². The van der Waals surface area contributed by atoms with Crippen molar-refractivity contribution in [2.24, 2.45) is 5.10 Å². The molecule has 7 heteroatoms. The fourth-order valence-electron chi connectivity index (χ4n) is 1.46. The number of benzene rings is 1. The number of hydrogen-bond acceptors (Lipinski definition) is 4. The van der Waals surface area contributed by atoms with Crippen molar-refractivity contribution < 1.29 is 9.53 Å². The number of carbonyl (C=O) groups excluding carboxylic acids is 1. The van der Waals surface area contributed by atoms with Crippen molar-refractivity contribution in [1.29, 1.82) is 0 Å². The van der Waals surface area contributed by atoms with Crippen LogP contribution in [0.5, 0.6) is 5.75 Å². The van der Waals surface area contributed by atoms with Crippen molar-refractivity contribution in [1.82, 2.24) is 5.43 Å². The van der Waals surface area contributed by atoms with Crippen LogP contribution in [0, 0.1) is 6.92 Å². The van der Waals surface area contributed by atoms with Crippen LogP contribution in [-0.2, 0) is 4.79 Å². The minimum absolute atomic E-state index is 0.124. The van der Waals surface area contributed by atoms with Crippen LogP contribution >= 0.6 is 38.9 Å². The summed E-state index contributed by atoms with van der Waals surface area (Å²) in [6.07, 6.45) is 1.60. The first-order valence-electron chi connectivity index (χ1n) is 6.01. The van der Waals surface area contributed by atoms with E-state index < -0.39 is 0 Å². The maximum atomic E-state index is 11.6. The van der Waals surface area contributed by atoms with Crippen LogP contribution in [-0.4, -0.2) is 18.7 Å². The van der Waals surface area contributed by atoms with Crippen molar-refractivity contribution in [3.63, 3.8) is 0 Å². The Labute approximate surface area is 139 Å². The van der Waals surface area contributed by atoms with E-state index in [1.54, 1.807) is 35.8 Å². The Kier molecular flexibility index (Phi) is 5.78. The maximum Gasteiger partial charge on any atom is 0.277 e. The van der Waals surface area contributed by atoms with Gasteiger partial charge >= 0.3 is 0 Å². The minimum atomic E-state index is -0.332. The molecule has 4 nitrogen and oxygen atoms in total. The van der Waals surface area contributed by atoms with Crippen LogP contribution in [0.1, 0.15) is 9.75 Å². The van der Waals surface area contributed by atoms with Crippen LogP contribution < -0.4 is 10.2 Å². The van der Waals surface area contributed by atoms with Gasteiger partial charge in [-0.25, -0.2) is 5.43 Å². The molecule has 1 heterocycles. The van der Waals surface area contributed by atoms with Crippen molar-refractivity contribution >= 4 is 51.0 Å². The molecule has 21 heavy (non-hydrogen) atoms. The predicted octanol–water partition coefficient (Wildman–Crippen LogP) is 4.00. The molecule has 2 aromatic rings. The molecule has 0 fully saturated rings. The summed E-state index contributed by atoms with van der Waals surface area (Å²) in [7, 11) is 0. The van der Waals surface area contributed by atoms with E-state index in [2.05, 4.69) is 26.5 Å². The summed E-state index contributed by atoms with van der Waals surface area (Å²) in [4.78, 5) is 13.8. The molecule has 110 valence electrons. The summed E-state index contributed by atoms with van der Waals surface area (Å²) in [6.45, 7) is 1.89. The fraction of sp³-hybridized carbons (Fsp3) is 0.143. The topological polar surface area (TPSA) is 50.7 Å². The molecule has 0 atom stereocenters. The predicted molar refractivity (Wildman–Crippen MR) is 89.4 cm³/mol. The first-order valence-corrected chi connectivity index (χ1v) is 7.99. The number of halogens is 2. The van der Waals surface area contributed by atoms with Gasteiger partial charge in [-0.05, 0) is 53.2 Å². The second-order valence-corrected chi connectivity index (χ2v) is 6.72. The van der Waals surface area contributed by atoms with Gasteiger partial charge in [0.15, 0.2) is 6.61 Å². The molecule has 1 N–H and O–H groups in total. The number of amides is 1. The molecule has 1 aromatic heterocycles. The average Bonchev–Trinajstić information content (AvgIpc) is 2.83. The van der Waals surface area contributed by atoms with Crippen LogP contribution in [0.15, 0.2) is 39.9 Å². The highest BCUT2D eigenvalue weighted by Crippen LogP contribution is 2.27. The Morgan fingerprint density at radius 2 is 2.29 bits per heavy atom. The van der Waals surface area contributed by atoms with Gasteiger partial charge in [0.05, 0.1) is 10.7 Å². The molecule has 0 spiro atoms. The van der Waals surface area contributed by atoms with Crippen molar-refractivity contribution in [3.05, 3.63) is 49.6 Å². The lowest BCUT2D eigenvalue weighted by Crippen LogP contribution is -2.24. The summed E-state index contributed by atoms with van der Waals surface area (Å²) in [5, 5.41) is 4.47. The third-order valence-electron chi connectivity index (χ3n) is 2.39. The van der Waals surface area contributed by atoms with Gasteiger partial charge in [-0.1, -0.05) is 11.6 Å². The Hall–Kier alpha value is -1.37. The second kappa shape index (κ2) is 7.59. The number of hydrazone groups is 1. The SMILES string of the molecule is Cc1ccc(C=NNC(=O)COc2ccc(Cl)cc2Br)s1. The molecule has 1 aromatic carbocycles. The first-order chi connectivity index (χ1) is 10.0. The summed E-state index contributed by atoms with van der Waals surface area (Å²) in [6, 6.07) is 9.02. The molecular weight excluding hydrogens is 376 g/mol. The van der Waals surface area contributed by atoms with E-state index in [-0.39, 0.29) is 12.5 Å². The zero-order chi connectivity index (χ0) is 15.2. The lowest BCUT2D eigenvalue weighted by molar-refractivity contribution is -0.123. The number of hydrogen-bond donors (Lipinski definition) is 1. The van der Waals surface area contributed by atoms with E-state index in [4.69, 9.17) is 16.3 Å². The number of nitrogens with zero attached hydrogens (tertiary/aromatic N) is 1. The molecule has 0 radical (unpaired) electrons. The molecule has 1 amide bonds. The summed E-state index contributed by atoms with van der Waals surface area (Å²) >= 11 is 10.7. The molecule has 0 aliphatic heterocycles. The molecule has 2 rings (SSSR count). The Balaban J connectivity index is 1.81. The lowest BCUT2D eigenvalue weighted by atomic mass is 10.3. The maximum absolute atomic E-state index is 11.6. The molecule has 0 aliphatic rings. The third-order valence-corrected chi connectivity index (χ3v) is 4.18. The summed E-state index contributed by atoms with van der Waals surface area (Å²) in [5.41, 5.74) is 2.41. The van der Waals surface area contributed by atoms with Gasteiger partial charge in [0.2, 0.25) is 0 Å². The molecule has 0 bridgehead atoms. The lowest BCUT2D eigenvalue weighted by Gasteiger charge is -2.07. The van der Waals surface area contributed by atoms with E-state index in [9.17, 15) is 4.79 Å². The average molecular weight is 388 g/mol. The van der Waals surface area contributed by atoms with Gasteiger partial charge < -0.3 is 4.74 Å². The number of aryl methyl sites for hydroxylation is 1. The zero-order valence-corrected chi connectivity index (χ0v) is 14.3. The normalized spacial score (nSPS) is 10.8. The molecular formula is C14H12BrClN2O2S. The highest BCUT2D eigenvalue weighted by atomic mass is 79.9. The monoisotopic (exact) mass is 386 g/mol. The van der Waals surface area contributed by atoms with Crippen LogP contribution in [0.2, 0.25) is 5.02 Å². The van der Waals surface area contributed by atoms with Gasteiger partial charge in [0, 0.05) is 14.8 Å². The van der Waals surface area contributed by atoms with Gasteiger partial charge in [-0.15, -0.1) is 11.3 Å². The third kappa shape index (κ3) is 5.15. The smallest absolute Gasteiger partial charge is 0.277 e. The summed E-state index contributed by atoms with van der Waals surface area (Å²) in [5.74, 6) is 0.216. The van der Waals surface area contributed by atoms with Crippen LogP contribution in [0.3, 0.4) is 0 Å².